The lowest BCUT2D eigenvalue weighted by atomic mass is 10.0. The van der Waals surface area contributed by atoms with Crippen molar-refractivity contribution in [1.82, 2.24) is 0 Å². The number of hydrogen-bond donors (Lipinski definition) is 0. The fraction of sp³-hybridized carbons (Fsp3) is 0.391. The van der Waals surface area contributed by atoms with Crippen molar-refractivity contribution >= 4 is 38.4 Å². The molecule has 2 atom stereocenters. The second-order valence-corrected chi connectivity index (χ2v) is 11.1. The summed E-state index contributed by atoms with van der Waals surface area (Å²) >= 11 is 1.44. The zero-order valence-corrected chi connectivity index (χ0v) is 18.9. The minimum atomic E-state index is -3.09. The summed E-state index contributed by atoms with van der Waals surface area (Å²) in [4.78, 5) is 19.3. The Morgan fingerprint density at radius 3 is 2.33 bits per heavy atom. The second-order valence-electron chi connectivity index (χ2n) is 7.75. The fourth-order valence-corrected chi connectivity index (χ4v) is 8.18. The Balaban J connectivity index is 1.75. The molecule has 0 N–H and O–H groups in total. The summed E-state index contributed by atoms with van der Waals surface area (Å²) < 4.78 is 24.7. The first-order valence-electron chi connectivity index (χ1n) is 10.3. The molecule has 0 bridgehead atoms. The van der Waals surface area contributed by atoms with Gasteiger partial charge in [0.1, 0.15) is 0 Å². The molecule has 4 rings (SSSR count). The van der Waals surface area contributed by atoms with Crippen LogP contribution in [-0.2, 0) is 33.9 Å². The van der Waals surface area contributed by atoms with Crippen LogP contribution in [-0.4, -0.2) is 42.3 Å². The van der Waals surface area contributed by atoms with Gasteiger partial charge in [0.2, 0.25) is 0 Å². The summed E-state index contributed by atoms with van der Waals surface area (Å²) in [5.74, 6) is 0.0432. The van der Waals surface area contributed by atoms with Gasteiger partial charge in [-0.3, -0.25) is 4.79 Å². The molecular weight excluding hydrogens is 416 g/mol. The van der Waals surface area contributed by atoms with Crippen molar-refractivity contribution in [2.24, 2.45) is 4.99 Å². The number of rotatable bonds is 5. The van der Waals surface area contributed by atoms with E-state index in [1.165, 1.54) is 11.8 Å². The van der Waals surface area contributed by atoms with Gasteiger partial charge in [0.05, 0.1) is 24.0 Å². The molecule has 5 nitrogen and oxygen atoms in total. The van der Waals surface area contributed by atoms with Crippen LogP contribution in [0.3, 0.4) is 0 Å². The van der Waals surface area contributed by atoms with E-state index in [9.17, 15) is 13.2 Å². The first kappa shape index (κ1) is 21.1. The number of anilines is 1. The summed E-state index contributed by atoms with van der Waals surface area (Å²) in [5.41, 5.74) is 4.27. The second kappa shape index (κ2) is 8.55. The van der Waals surface area contributed by atoms with Crippen LogP contribution in [0.5, 0.6) is 0 Å². The maximum Gasteiger partial charge on any atom is 0.252 e. The van der Waals surface area contributed by atoms with E-state index in [1.54, 1.807) is 0 Å². The summed E-state index contributed by atoms with van der Waals surface area (Å²) in [5, 5.41) is 0.546. The third-order valence-electron chi connectivity index (χ3n) is 5.69. The van der Waals surface area contributed by atoms with E-state index in [0.717, 1.165) is 35.2 Å². The molecule has 1 amide bonds. The van der Waals surface area contributed by atoms with E-state index in [4.69, 9.17) is 0 Å². The smallest absolute Gasteiger partial charge is 0.252 e. The number of para-hydroxylation sites is 1. The van der Waals surface area contributed by atoms with E-state index in [0.29, 0.717) is 5.17 Å². The van der Waals surface area contributed by atoms with Gasteiger partial charge in [-0.2, -0.15) is 4.99 Å². The van der Waals surface area contributed by atoms with E-state index in [-0.39, 0.29) is 35.1 Å². The quantitative estimate of drug-likeness (QED) is 0.707. The average Bonchev–Trinajstić information content (AvgIpc) is 3.18. The number of amides is 1. The molecule has 2 aromatic rings. The van der Waals surface area contributed by atoms with Gasteiger partial charge in [0.15, 0.2) is 15.0 Å². The maximum atomic E-state index is 12.8. The first-order valence-corrected chi connectivity index (χ1v) is 13.0. The topological polar surface area (TPSA) is 66.8 Å². The number of nitrogens with zero attached hydrogens (tertiary/aromatic N) is 2. The monoisotopic (exact) mass is 442 g/mol. The van der Waals surface area contributed by atoms with Crippen molar-refractivity contribution in [3.8, 4) is 0 Å². The lowest BCUT2D eigenvalue weighted by Crippen LogP contribution is -2.39. The number of hydrogen-bond acceptors (Lipinski definition) is 4. The summed E-state index contributed by atoms with van der Waals surface area (Å²) in [7, 11) is -3.09. The van der Waals surface area contributed by atoms with Gasteiger partial charge in [-0.1, -0.05) is 74.1 Å². The highest BCUT2D eigenvalue weighted by Gasteiger charge is 2.50. The SMILES string of the molecule is CCc1cccc(CC)c1N1C(=NC(=O)Cc2ccccc2)S[C@H]2CS(=O)(=O)C[C@@H]21. The predicted octanol–water partition coefficient (Wildman–Crippen LogP) is 3.66. The number of amidine groups is 1. The van der Waals surface area contributed by atoms with Crippen molar-refractivity contribution in [2.45, 2.75) is 44.4 Å². The summed E-state index contributed by atoms with van der Waals surface area (Å²) in [6.45, 7) is 4.20. The van der Waals surface area contributed by atoms with Crippen LogP contribution in [0.4, 0.5) is 5.69 Å². The standard InChI is InChI=1S/C23H26N2O3S2/c1-3-17-11-8-12-18(4-2)22(17)25-19-14-30(27,28)15-20(19)29-23(25)24-21(26)13-16-9-6-5-7-10-16/h5-12,19-20H,3-4,13-15H2,1-2H3/t19-,20-/m0/s1. The number of fused-ring (bicyclic) bond motifs is 1. The molecule has 2 aliphatic rings. The molecule has 2 heterocycles. The van der Waals surface area contributed by atoms with Gasteiger partial charge >= 0.3 is 0 Å². The normalized spacial score (nSPS) is 23.7. The van der Waals surface area contributed by atoms with E-state index in [1.807, 2.05) is 36.4 Å². The van der Waals surface area contributed by atoms with Crippen molar-refractivity contribution in [3.05, 3.63) is 65.2 Å². The summed E-state index contributed by atoms with van der Waals surface area (Å²) in [6, 6.07) is 15.6. The number of sulfone groups is 1. The van der Waals surface area contributed by atoms with Crippen LogP contribution in [0.1, 0.15) is 30.5 Å². The van der Waals surface area contributed by atoms with Gasteiger partial charge in [-0.15, -0.1) is 0 Å². The fourth-order valence-electron chi connectivity index (χ4n) is 4.27. The number of carbonyl (C=O) groups excluding carboxylic acids is 1. The number of aryl methyl sites for hydroxylation is 2. The third kappa shape index (κ3) is 4.18. The lowest BCUT2D eigenvalue weighted by molar-refractivity contribution is -0.117. The maximum absolute atomic E-state index is 12.8. The van der Waals surface area contributed by atoms with Crippen LogP contribution < -0.4 is 4.90 Å². The Bertz CT molecular complexity index is 1060. The van der Waals surface area contributed by atoms with Crippen LogP contribution in [0.25, 0.3) is 0 Å². The molecule has 2 aromatic carbocycles. The van der Waals surface area contributed by atoms with Gasteiger partial charge in [0, 0.05) is 10.9 Å². The Morgan fingerprint density at radius 1 is 1.03 bits per heavy atom. The number of thioether (sulfide) groups is 1. The Labute approximate surface area is 182 Å². The molecule has 0 unspecified atom stereocenters. The lowest BCUT2D eigenvalue weighted by Gasteiger charge is -2.29. The molecular formula is C23H26N2O3S2. The zero-order valence-electron chi connectivity index (χ0n) is 17.2. The van der Waals surface area contributed by atoms with Crippen LogP contribution in [0.15, 0.2) is 53.5 Å². The van der Waals surface area contributed by atoms with E-state index >= 15 is 0 Å². The number of aliphatic imine (C=N–C) groups is 1. The highest BCUT2D eigenvalue weighted by Crippen LogP contribution is 2.43. The molecule has 158 valence electrons. The van der Waals surface area contributed by atoms with Crippen LogP contribution in [0.2, 0.25) is 0 Å². The minimum absolute atomic E-state index is 0.0899. The van der Waals surface area contributed by atoms with E-state index in [2.05, 4.69) is 35.9 Å². The summed E-state index contributed by atoms with van der Waals surface area (Å²) in [6.07, 6.45) is 1.90. The zero-order chi connectivity index (χ0) is 21.3. The highest BCUT2D eigenvalue weighted by molar-refractivity contribution is 8.16. The predicted molar refractivity (Wildman–Crippen MR) is 124 cm³/mol. The number of benzene rings is 2. The molecule has 7 heteroatoms. The number of carbonyl (C=O) groups is 1. The average molecular weight is 443 g/mol. The van der Waals surface area contributed by atoms with Crippen molar-refractivity contribution in [3.63, 3.8) is 0 Å². The van der Waals surface area contributed by atoms with Gasteiger partial charge < -0.3 is 4.90 Å². The Kier molecular flexibility index (Phi) is 6.02. The van der Waals surface area contributed by atoms with Crippen molar-refractivity contribution in [2.75, 3.05) is 16.4 Å². The molecule has 0 spiro atoms. The third-order valence-corrected chi connectivity index (χ3v) is 8.90. The highest BCUT2D eigenvalue weighted by atomic mass is 32.2. The first-order chi connectivity index (χ1) is 14.4. The molecule has 0 aromatic heterocycles. The van der Waals surface area contributed by atoms with Gasteiger partial charge in [-0.05, 0) is 29.5 Å². The van der Waals surface area contributed by atoms with Crippen LogP contribution >= 0.6 is 11.8 Å². The molecule has 30 heavy (non-hydrogen) atoms. The Morgan fingerprint density at radius 2 is 1.70 bits per heavy atom. The van der Waals surface area contributed by atoms with Gasteiger partial charge in [0.25, 0.3) is 5.91 Å². The molecule has 0 aliphatic carbocycles. The Hall–Kier alpha value is -2.12. The largest absolute Gasteiger partial charge is 0.315 e. The molecule has 0 radical (unpaired) electrons. The molecule has 2 aliphatic heterocycles. The van der Waals surface area contributed by atoms with Crippen molar-refractivity contribution < 1.29 is 13.2 Å². The van der Waals surface area contributed by atoms with E-state index < -0.39 is 9.84 Å². The minimum Gasteiger partial charge on any atom is -0.315 e. The van der Waals surface area contributed by atoms with Crippen LogP contribution in [0, 0.1) is 0 Å². The molecule has 2 fully saturated rings. The van der Waals surface area contributed by atoms with Crippen molar-refractivity contribution in [1.29, 1.82) is 0 Å². The molecule has 0 saturated carbocycles. The molecule has 2 saturated heterocycles. The van der Waals surface area contributed by atoms with Gasteiger partial charge in [-0.25, -0.2) is 8.42 Å².